The fraction of sp³-hybridized carbons (Fsp3) is 0.300. The Morgan fingerprint density at radius 3 is 2.31 bits per heavy atom. The van der Waals surface area contributed by atoms with E-state index in [1.54, 1.807) is 5.49 Å². The van der Waals surface area contributed by atoms with Crippen LogP contribution in [0.15, 0.2) is 30.3 Å². The second-order valence-corrected chi connectivity index (χ2v) is 3.25. The average Bonchev–Trinajstić information content (AvgIpc) is 2.15. The highest BCUT2D eigenvalue weighted by atomic mass is 32.1. The van der Waals surface area contributed by atoms with Crippen LogP contribution in [0.4, 0.5) is 0 Å². The van der Waals surface area contributed by atoms with Gasteiger partial charge in [0.1, 0.15) is 0 Å². The van der Waals surface area contributed by atoms with Crippen molar-refractivity contribution in [1.82, 2.24) is 10.0 Å². The van der Waals surface area contributed by atoms with Gasteiger partial charge in [0.15, 0.2) is 0 Å². The van der Waals surface area contributed by atoms with E-state index in [9.17, 15) is 0 Å². The highest BCUT2D eigenvalue weighted by Crippen LogP contribution is 2.03. The monoisotopic (exact) mass is 194 g/mol. The van der Waals surface area contributed by atoms with E-state index in [0.29, 0.717) is 0 Å². The second-order valence-electron chi connectivity index (χ2n) is 3.04. The predicted octanol–water partition coefficient (Wildman–Crippen LogP) is 1.92. The number of thiocarbonyl (C=S) groups is 1. The first-order chi connectivity index (χ1) is 6.24. The topological polar surface area (TPSA) is 6.48 Å². The minimum Gasteiger partial charge on any atom is -0.298 e. The Hall–Kier alpha value is -0.930. The molecule has 2 nitrogen and oxygen atoms in total. The lowest BCUT2D eigenvalue weighted by Gasteiger charge is -2.25. The van der Waals surface area contributed by atoms with Gasteiger partial charge in [0.2, 0.25) is 0 Å². The SMILES string of the molecule is CN(C)N(C=S)Cc1ccccc1. The molecule has 0 saturated heterocycles. The minimum absolute atomic E-state index is 0.831. The van der Waals surface area contributed by atoms with Crippen LogP contribution < -0.4 is 0 Å². The third-order valence-corrected chi connectivity index (χ3v) is 2.07. The third-order valence-electron chi connectivity index (χ3n) is 1.82. The summed E-state index contributed by atoms with van der Waals surface area (Å²) < 4.78 is 0. The number of benzene rings is 1. The molecule has 0 aromatic heterocycles. The van der Waals surface area contributed by atoms with Gasteiger partial charge in [-0.05, 0) is 5.56 Å². The second kappa shape index (κ2) is 4.94. The van der Waals surface area contributed by atoms with E-state index < -0.39 is 0 Å². The molecule has 70 valence electrons. The van der Waals surface area contributed by atoms with E-state index in [0.717, 1.165) is 6.54 Å². The summed E-state index contributed by atoms with van der Waals surface area (Å²) in [5.74, 6) is 0. The standard InChI is InChI=1S/C10H14N2S/c1-11(2)12(9-13)8-10-6-4-3-5-7-10/h3-7,9H,8H2,1-2H3. The molecule has 0 unspecified atom stereocenters. The number of hydrazine groups is 1. The van der Waals surface area contributed by atoms with Crippen molar-refractivity contribution in [2.75, 3.05) is 14.1 Å². The van der Waals surface area contributed by atoms with Gasteiger partial charge in [-0.1, -0.05) is 42.5 Å². The molecule has 0 spiro atoms. The van der Waals surface area contributed by atoms with Crippen molar-refractivity contribution in [3.8, 4) is 0 Å². The van der Waals surface area contributed by atoms with Crippen molar-refractivity contribution in [3.05, 3.63) is 35.9 Å². The van der Waals surface area contributed by atoms with Crippen LogP contribution in [0, 0.1) is 0 Å². The van der Waals surface area contributed by atoms with Crippen molar-refractivity contribution in [2.24, 2.45) is 0 Å². The molecular formula is C10H14N2S. The van der Waals surface area contributed by atoms with Gasteiger partial charge in [-0.25, -0.2) is 5.01 Å². The van der Waals surface area contributed by atoms with Crippen LogP contribution in [0.25, 0.3) is 0 Å². The molecule has 1 aromatic carbocycles. The van der Waals surface area contributed by atoms with Crippen LogP contribution >= 0.6 is 12.2 Å². The molecule has 3 heteroatoms. The Morgan fingerprint density at radius 2 is 1.85 bits per heavy atom. The van der Waals surface area contributed by atoms with Crippen LogP contribution in [0.3, 0.4) is 0 Å². The van der Waals surface area contributed by atoms with Crippen LogP contribution in [0.1, 0.15) is 5.56 Å². The molecule has 0 N–H and O–H groups in total. The Bertz CT molecular complexity index is 259. The molecule has 0 heterocycles. The normalized spacial score (nSPS) is 10.1. The van der Waals surface area contributed by atoms with Crippen molar-refractivity contribution in [3.63, 3.8) is 0 Å². The molecule has 0 fully saturated rings. The Kier molecular flexibility index (Phi) is 3.86. The molecule has 0 amide bonds. The van der Waals surface area contributed by atoms with Gasteiger partial charge in [-0.2, -0.15) is 0 Å². The molecule has 0 atom stereocenters. The smallest absolute Gasteiger partial charge is 0.0793 e. The highest BCUT2D eigenvalue weighted by Gasteiger charge is 2.01. The number of rotatable bonds is 4. The molecule has 0 aliphatic heterocycles. The lowest BCUT2D eigenvalue weighted by atomic mass is 10.2. The van der Waals surface area contributed by atoms with Gasteiger partial charge >= 0.3 is 0 Å². The summed E-state index contributed by atoms with van der Waals surface area (Å²) in [6, 6.07) is 10.3. The number of hydrogen-bond acceptors (Lipinski definition) is 2. The van der Waals surface area contributed by atoms with E-state index in [4.69, 9.17) is 12.2 Å². The summed E-state index contributed by atoms with van der Waals surface area (Å²) in [4.78, 5) is 0. The fourth-order valence-corrected chi connectivity index (χ4v) is 1.31. The molecule has 13 heavy (non-hydrogen) atoms. The van der Waals surface area contributed by atoms with E-state index in [2.05, 4.69) is 12.1 Å². The maximum Gasteiger partial charge on any atom is 0.0793 e. The van der Waals surface area contributed by atoms with Gasteiger partial charge in [-0.15, -0.1) is 0 Å². The maximum absolute atomic E-state index is 4.91. The van der Waals surface area contributed by atoms with Gasteiger partial charge in [0.05, 0.1) is 12.0 Å². The first-order valence-corrected chi connectivity index (χ1v) is 4.64. The molecule has 0 aliphatic rings. The predicted molar refractivity (Wildman–Crippen MR) is 59.3 cm³/mol. The van der Waals surface area contributed by atoms with Crippen LogP contribution in [-0.2, 0) is 6.54 Å². The minimum atomic E-state index is 0.831. The average molecular weight is 194 g/mol. The first kappa shape index (κ1) is 10.2. The van der Waals surface area contributed by atoms with Gasteiger partial charge in [0, 0.05) is 14.1 Å². The highest BCUT2D eigenvalue weighted by molar-refractivity contribution is 7.78. The quantitative estimate of drug-likeness (QED) is 0.534. The Balaban J connectivity index is 2.62. The number of hydrogen-bond donors (Lipinski definition) is 0. The molecule has 1 aromatic rings. The van der Waals surface area contributed by atoms with E-state index in [-0.39, 0.29) is 0 Å². The van der Waals surface area contributed by atoms with Crippen LogP contribution in [-0.4, -0.2) is 29.6 Å². The van der Waals surface area contributed by atoms with Gasteiger partial charge in [-0.3, -0.25) is 5.01 Å². The van der Waals surface area contributed by atoms with Gasteiger partial charge in [0.25, 0.3) is 0 Å². The zero-order valence-electron chi connectivity index (χ0n) is 7.97. The first-order valence-electron chi connectivity index (χ1n) is 4.17. The summed E-state index contributed by atoms with van der Waals surface area (Å²) in [5, 5.41) is 3.95. The summed E-state index contributed by atoms with van der Waals surface area (Å²) in [6.45, 7) is 0.831. The molecule has 0 saturated carbocycles. The zero-order valence-corrected chi connectivity index (χ0v) is 8.79. The molecular weight excluding hydrogens is 180 g/mol. The maximum atomic E-state index is 4.91. The Labute approximate surface area is 84.7 Å². The largest absolute Gasteiger partial charge is 0.298 e. The summed E-state index contributed by atoms with van der Waals surface area (Å²) in [6.07, 6.45) is 0. The lowest BCUT2D eigenvalue weighted by Crippen LogP contribution is -2.34. The molecule has 0 bridgehead atoms. The molecule has 0 radical (unpaired) electrons. The molecule has 1 rings (SSSR count). The van der Waals surface area contributed by atoms with Crippen LogP contribution in [0.5, 0.6) is 0 Å². The van der Waals surface area contributed by atoms with Crippen molar-refractivity contribution in [2.45, 2.75) is 6.54 Å². The van der Waals surface area contributed by atoms with E-state index in [1.165, 1.54) is 5.56 Å². The third kappa shape index (κ3) is 3.13. The summed E-state index contributed by atoms with van der Waals surface area (Å²) in [5.41, 5.74) is 2.92. The van der Waals surface area contributed by atoms with E-state index in [1.807, 2.05) is 42.3 Å². The summed E-state index contributed by atoms with van der Waals surface area (Å²) in [7, 11) is 3.96. The van der Waals surface area contributed by atoms with E-state index >= 15 is 0 Å². The van der Waals surface area contributed by atoms with Crippen LogP contribution in [0.2, 0.25) is 0 Å². The molecule has 0 aliphatic carbocycles. The fourth-order valence-electron chi connectivity index (χ4n) is 1.04. The Morgan fingerprint density at radius 1 is 1.23 bits per heavy atom. The van der Waals surface area contributed by atoms with Crippen molar-refractivity contribution >= 4 is 17.7 Å². The van der Waals surface area contributed by atoms with Gasteiger partial charge < -0.3 is 0 Å². The zero-order chi connectivity index (χ0) is 9.68. The summed E-state index contributed by atoms with van der Waals surface area (Å²) >= 11 is 4.91. The number of nitrogens with zero attached hydrogens (tertiary/aromatic N) is 2. The van der Waals surface area contributed by atoms with Crippen molar-refractivity contribution in [1.29, 1.82) is 0 Å². The van der Waals surface area contributed by atoms with Crippen molar-refractivity contribution < 1.29 is 0 Å². The lowest BCUT2D eigenvalue weighted by molar-refractivity contribution is 0.112.